The molecule has 2 aromatic rings. The molecule has 0 radical (unpaired) electrons. The minimum Gasteiger partial charge on any atom is -0.464 e. The van der Waals surface area contributed by atoms with Crippen molar-refractivity contribution in [2.24, 2.45) is 5.92 Å². The van der Waals surface area contributed by atoms with Gasteiger partial charge in [0.05, 0.1) is 12.5 Å². The molecule has 1 aliphatic heterocycles. The minimum atomic E-state index is -3.60. The van der Waals surface area contributed by atoms with Crippen LogP contribution in [0.3, 0.4) is 0 Å². The molecular weight excluding hydrogens is 430 g/mol. The first-order valence-corrected chi connectivity index (χ1v) is 12.2. The van der Waals surface area contributed by atoms with Gasteiger partial charge in [-0.3, -0.25) is 14.6 Å². The van der Waals surface area contributed by atoms with E-state index in [0.717, 1.165) is 5.56 Å². The Hall–Kier alpha value is -2.78. The number of carbonyl (C=O) groups is 2. The third-order valence-corrected chi connectivity index (χ3v) is 7.37. The van der Waals surface area contributed by atoms with Crippen LogP contribution in [0.2, 0.25) is 0 Å². The average Bonchev–Trinajstić information content (AvgIpc) is 2.82. The highest BCUT2D eigenvalue weighted by Crippen LogP contribution is 2.24. The highest BCUT2D eigenvalue weighted by molar-refractivity contribution is 7.89. The van der Waals surface area contributed by atoms with E-state index in [2.05, 4.69) is 10.3 Å². The van der Waals surface area contributed by atoms with E-state index in [4.69, 9.17) is 4.74 Å². The third-order valence-electron chi connectivity index (χ3n) is 5.49. The summed E-state index contributed by atoms with van der Waals surface area (Å²) >= 11 is 0. The fourth-order valence-corrected chi connectivity index (χ4v) is 4.98. The molecular formula is C23H29N3O5S. The molecule has 1 aromatic heterocycles. The number of ether oxygens (including phenoxy) is 1. The first-order chi connectivity index (χ1) is 15.4. The number of piperidine rings is 1. The van der Waals surface area contributed by atoms with Gasteiger partial charge in [-0.2, -0.15) is 4.31 Å². The van der Waals surface area contributed by atoms with Crippen LogP contribution in [0, 0.1) is 12.8 Å². The second kappa shape index (κ2) is 11.2. The number of carbonyl (C=O) groups excluding carboxylic acids is 2. The van der Waals surface area contributed by atoms with E-state index in [9.17, 15) is 18.0 Å². The van der Waals surface area contributed by atoms with Crippen molar-refractivity contribution >= 4 is 21.9 Å². The van der Waals surface area contributed by atoms with Crippen LogP contribution in [0.15, 0.2) is 53.7 Å². The number of aryl methyl sites for hydroxylation is 2. The van der Waals surface area contributed by atoms with Crippen molar-refractivity contribution in [2.45, 2.75) is 37.5 Å². The van der Waals surface area contributed by atoms with Crippen LogP contribution in [0.5, 0.6) is 0 Å². The Bertz CT molecular complexity index is 1000. The molecule has 0 atom stereocenters. The quantitative estimate of drug-likeness (QED) is 0.455. The van der Waals surface area contributed by atoms with E-state index in [1.54, 1.807) is 6.07 Å². The fraction of sp³-hybridized carbons (Fsp3) is 0.435. The Labute approximate surface area is 189 Å². The number of sulfonamides is 1. The van der Waals surface area contributed by atoms with Gasteiger partial charge in [-0.1, -0.05) is 29.8 Å². The number of esters is 1. The Morgan fingerprint density at radius 1 is 1.16 bits per heavy atom. The van der Waals surface area contributed by atoms with Crippen LogP contribution < -0.4 is 5.32 Å². The molecule has 2 heterocycles. The van der Waals surface area contributed by atoms with Gasteiger partial charge < -0.3 is 10.1 Å². The Balaban J connectivity index is 1.33. The molecule has 1 amide bonds. The Kier molecular flexibility index (Phi) is 8.35. The van der Waals surface area contributed by atoms with Gasteiger partial charge in [-0.25, -0.2) is 8.42 Å². The topological polar surface area (TPSA) is 106 Å². The van der Waals surface area contributed by atoms with Crippen molar-refractivity contribution in [2.75, 3.05) is 26.2 Å². The lowest BCUT2D eigenvalue weighted by Crippen LogP contribution is -2.41. The Morgan fingerprint density at radius 2 is 1.88 bits per heavy atom. The summed E-state index contributed by atoms with van der Waals surface area (Å²) in [5.41, 5.74) is 2.29. The van der Waals surface area contributed by atoms with Gasteiger partial charge in [0, 0.05) is 31.9 Å². The van der Waals surface area contributed by atoms with Gasteiger partial charge in [0.25, 0.3) is 0 Å². The predicted molar refractivity (Wildman–Crippen MR) is 119 cm³/mol. The van der Waals surface area contributed by atoms with Crippen molar-refractivity contribution in [1.82, 2.24) is 14.6 Å². The van der Waals surface area contributed by atoms with E-state index < -0.39 is 10.0 Å². The van der Waals surface area contributed by atoms with Gasteiger partial charge in [-0.05, 0) is 43.9 Å². The number of amides is 1. The number of hydrogen-bond acceptors (Lipinski definition) is 6. The summed E-state index contributed by atoms with van der Waals surface area (Å²) in [6, 6.07) is 11.2. The lowest BCUT2D eigenvalue weighted by atomic mass is 9.98. The van der Waals surface area contributed by atoms with Crippen LogP contribution in [-0.4, -0.2) is 55.8 Å². The molecule has 1 saturated heterocycles. The van der Waals surface area contributed by atoms with E-state index in [1.165, 1.54) is 28.3 Å². The van der Waals surface area contributed by atoms with Gasteiger partial charge >= 0.3 is 5.97 Å². The van der Waals surface area contributed by atoms with E-state index >= 15 is 0 Å². The van der Waals surface area contributed by atoms with Crippen LogP contribution in [0.25, 0.3) is 0 Å². The molecule has 1 aromatic carbocycles. The van der Waals surface area contributed by atoms with E-state index in [0.29, 0.717) is 25.7 Å². The number of pyridine rings is 1. The summed E-state index contributed by atoms with van der Waals surface area (Å²) in [6.45, 7) is 2.89. The lowest BCUT2D eigenvalue weighted by molar-refractivity contribution is -0.150. The first-order valence-electron chi connectivity index (χ1n) is 10.8. The average molecular weight is 460 g/mol. The molecule has 0 aliphatic carbocycles. The zero-order chi connectivity index (χ0) is 23.0. The maximum atomic E-state index is 12.6. The number of nitrogens with zero attached hydrogens (tertiary/aromatic N) is 2. The third kappa shape index (κ3) is 6.61. The van der Waals surface area contributed by atoms with Gasteiger partial charge in [-0.15, -0.1) is 0 Å². The van der Waals surface area contributed by atoms with Crippen LogP contribution in [-0.2, 0) is 30.8 Å². The van der Waals surface area contributed by atoms with Crippen LogP contribution in [0.4, 0.5) is 0 Å². The number of aromatic nitrogens is 1. The first kappa shape index (κ1) is 23.9. The molecule has 3 rings (SSSR count). The molecule has 0 unspecified atom stereocenters. The monoisotopic (exact) mass is 459 g/mol. The zero-order valence-corrected chi connectivity index (χ0v) is 19.0. The number of benzene rings is 1. The van der Waals surface area contributed by atoms with Gasteiger partial charge in [0.2, 0.25) is 15.9 Å². The molecule has 0 saturated carbocycles. The summed E-state index contributed by atoms with van der Waals surface area (Å²) in [5, 5.41) is 2.76. The predicted octanol–water partition coefficient (Wildman–Crippen LogP) is 2.08. The maximum Gasteiger partial charge on any atom is 0.309 e. The molecule has 1 aliphatic rings. The molecule has 9 heteroatoms. The highest BCUT2D eigenvalue weighted by Gasteiger charge is 2.32. The van der Waals surface area contributed by atoms with Crippen molar-refractivity contribution in [3.8, 4) is 0 Å². The van der Waals surface area contributed by atoms with Crippen molar-refractivity contribution in [3.05, 3.63) is 59.9 Å². The lowest BCUT2D eigenvalue weighted by Gasteiger charge is -2.30. The summed E-state index contributed by atoms with van der Waals surface area (Å²) in [7, 11) is -3.60. The second-order valence-electron chi connectivity index (χ2n) is 7.87. The number of rotatable bonds is 9. The van der Waals surface area contributed by atoms with Crippen LogP contribution >= 0.6 is 0 Å². The Morgan fingerprint density at radius 3 is 2.53 bits per heavy atom. The SMILES string of the molecule is Cc1ccc(CCC(=O)NCCOC(=O)C2CCN(S(=O)(=O)c3cccnc3)CC2)cc1. The molecule has 8 nitrogen and oxygen atoms in total. The summed E-state index contributed by atoms with van der Waals surface area (Å²) in [5.74, 6) is -0.777. The number of nitrogens with one attached hydrogen (secondary N) is 1. The van der Waals surface area contributed by atoms with Crippen LogP contribution in [0.1, 0.15) is 30.4 Å². The molecule has 0 bridgehead atoms. The zero-order valence-electron chi connectivity index (χ0n) is 18.2. The van der Waals surface area contributed by atoms with E-state index in [1.807, 2.05) is 31.2 Å². The highest BCUT2D eigenvalue weighted by atomic mass is 32.2. The largest absolute Gasteiger partial charge is 0.464 e. The van der Waals surface area contributed by atoms with Crippen molar-refractivity contribution < 1.29 is 22.7 Å². The smallest absolute Gasteiger partial charge is 0.309 e. The van der Waals surface area contributed by atoms with Gasteiger partial charge in [0.1, 0.15) is 11.5 Å². The van der Waals surface area contributed by atoms with E-state index in [-0.39, 0.29) is 48.9 Å². The molecule has 1 fully saturated rings. The summed E-state index contributed by atoms with van der Waals surface area (Å²) in [4.78, 5) is 28.3. The molecule has 1 N–H and O–H groups in total. The van der Waals surface area contributed by atoms with Gasteiger partial charge in [0.15, 0.2) is 0 Å². The normalized spacial score (nSPS) is 15.3. The van der Waals surface area contributed by atoms with Crippen molar-refractivity contribution in [1.29, 1.82) is 0 Å². The maximum absolute atomic E-state index is 12.6. The molecule has 172 valence electrons. The standard InChI is InChI=1S/C23H29N3O5S/c1-18-4-6-19(7-5-18)8-9-22(27)25-13-16-31-23(28)20-10-14-26(15-11-20)32(29,30)21-3-2-12-24-17-21/h2-7,12,17,20H,8-11,13-16H2,1H3,(H,25,27). The fourth-order valence-electron chi connectivity index (χ4n) is 3.54. The molecule has 0 spiro atoms. The summed E-state index contributed by atoms with van der Waals surface area (Å²) < 4.78 is 31.9. The molecule has 32 heavy (non-hydrogen) atoms. The number of hydrogen-bond donors (Lipinski definition) is 1. The van der Waals surface area contributed by atoms with Crippen molar-refractivity contribution in [3.63, 3.8) is 0 Å². The summed E-state index contributed by atoms with van der Waals surface area (Å²) in [6.07, 6.45) is 4.69. The second-order valence-corrected chi connectivity index (χ2v) is 9.81. The minimum absolute atomic E-state index is 0.0875.